The summed E-state index contributed by atoms with van der Waals surface area (Å²) in [7, 11) is 0. The Hall–Kier alpha value is -3.00. The normalized spacial score (nSPS) is 10.2. The number of nitro groups is 1. The van der Waals surface area contributed by atoms with Crippen LogP contribution in [0.15, 0.2) is 42.5 Å². The molecule has 0 radical (unpaired) electrons. The zero-order chi connectivity index (χ0) is 20.5. The summed E-state index contributed by atoms with van der Waals surface area (Å²) in [6.45, 7) is 4.53. The Morgan fingerprint density at radius 3 is 2.54 bits per heavy atom. The molecule has 28 heavy (non-hydrogen) atoms. The lowest BCUT2D eigenvalue weighted by Gasteiger charge is -2.11. The molecule has 2 rings (SSSR count). The summed E-state index contributed by atoms with van der Waals surface area (Å²) in [5.41, 5.74) is 1.27. The van der Waals surface area contributed by atoms with E-state index in [4.69, 9.17) is 17.0 Å². The third-order valence-electron chi connectivity index (χ3n) is 3.96. The Balaban J connectivity index is 1.94. The highest BCUT2D eigenvalue weighted by Crippen LogP contribution is 2.25. The van der Waals surface area contributed by atoms with E-state index in [0.717, 1.165) is 24.8 Å². The van der Waals surface area contributed by atoms with Gasteiger partial charge in [0.2, 0.25) is 0 Å². The van der Waals surface area contributed by atoms with Gasteiger partial charge in [-0.05, 0) is 61.5 Å². The first kappa shape index (κ1) is 21.3. The third-order valence-corrected chi connectivity index (χ3v) is 4.16. The minimum Gasteiger partial charge on any atom is -0.494 e. The number of rotatable bonds is 8. The molecule has 2 N–H and O–H groups in total. The molecular formula is C20H23N3O4S. The van der Waals surface area contributed by atoms with Gasteiger partial charge < -0.3 is 10.1 Å². The molecule has 8 heteroatoms. The molecule has 0 aliphatic rings. The molecule has 0 saturated carbocycles. The van der Waals surface area contributed by atoms with Gasteiger partial charge in [0.25, 0.3) is 11.6 Å². The number of nitrogens with one attached hydrogen (secondary N) is 2. The van der Waals surface area contributed by atoms with Crippen LogP contribution in [0, 0.1) is 17.0 Å². The van der Waals surface area contributed by atoms with Crippen molar-refractivity contribution in [3.05, 3.63) is 63.7 Å². The lowest BCUT2D eigenvalue weighted by atomic mass is 10.2. The fraction of sp³-hybridized carbons (Fsp3) is 0.300. The number of unbranched alkanes of at least 4 members (excludes halogenated alkanes) is 2. The Kier molecular flexibility index (Phi) is 7.88. The van der Waals surface area contributed by atoms with Gasteiger partial charge in [-0.3, -0.25) is 20.2 Å². The molecule has 7 nitrogen and oxygen atoms in total. The molecule has 0 atom stereocenters. The topological polar surface area (TPSA) is 93.5 Å². The summed E-state index contributed by atoms with van der Waals surface area (Å²) in [6, 6.07) is 11.4. The summed E-state index contributed by atoms with van der Waals surface area (Å²) < 4.78 is 5.61. The van der Waals surface area contributed by atoms with Crippen LogP contribution in [0.2, 0.25) is 0 Å². The van der Waals surface area contributed by atoms with Crippen molar-refractivity contribution in [1.82, 2.24) is 5.32 Å². The first-order chi connectivity index (χ1) is 13.4. The number of nitrogens with zero attached hydrogens (tertiary/aromatic N) is 1. The van der Waals surface area contributed by atoms with Crippen molar-refractivity contribution in [3.8, 4) is 5.75 Å². The van der Waals surface area contributed by atoms with E-state index in [1.165, 1.54) is 6.07 Å². The number of nitro benzene ring substituents is 1. The predicted octanol–water partition coefficient (Wildman–Crippen LogP) is 4.60. The molecule has 0 bridgehead atoms. The van der Waals surface area contributed by atoms with E-state index in [9.17, 15) is 14.9 Å². The fourth-order valence-electron chi connectivity index (χ4n) is 2.47. The second kappa shape index (κ2) is 10.4. The number of carbonyl (C=O) groups excluding carboxylic acids is 1. The van der Waals surface area contributed by atoms with Crippen LogP contribution in [-0.4, -0.2) is 22.5 Å². The highest BCUT2D eigenvalue weighted by atomic mass is 32.1. The zero-order valence-corrected chi connectivity index (χ0v) is 16.7. The van der Waals surface area contributed by atoms with Crippen molar-refractivity contribution in [3.63, 3.8) is 0 Å². The fourth-order valence-corrected chi connectivity index (χ4v) is 2.67. The van der Waals surface area contributed by atoms with Crippen LogP contribution in [0.1, 0.15) is 42.1 Å². The first-order valence-corrected chi connectivity index (χ1v) is 9.41. The van der Waals surface area contributed by atoms with Crippen molar-refractivity contribution < 1.29 is 14.5 Å². The molecule has 0 heterocycles. The number of hydrogen-bond donors (Lipinski definition) is 2. The number of carbonyl (C=O) groups is 1. The Bertz CT molecular complexity index is 853. The summed E-state index contributed by atoms with van der Waals surface area (Å²) >= 11 is 5.11. The smallest absolute Gasteiger partial charge is 0.292 e. The van der Waals surface area contributed by atoms with E-state index in [-0.39, 0.29) is 16.5 Å². The second-order valence-electron chi connectivity index (χ2n) is 6.27. The number of benzene rings is 2. The van der Waals surface area contributed by atoms with E-state index in [2.05, 4.69) is 17.6 Å². The maximum absolute atomic E-state index is 12.3. The first-order valence-electron chi connectivity index (χ1n) is 9.01. The highest BCUT2D eigenvalue weighted by molar-refractivity contribution is 7.80. The van der Waals surface area contributed by atoms with Crippen molar-refractivity contribution in [2.75, 3.05) is 11.9 Å². The lowest BCUT2D eigenvalue weighted by molar-refractivity contribution is -0.383. The van der Waals surface area contributed by atoms with E-state index in [1.54, 1.807) is 43.3 Å². The van der Waals surface area contributed by atoms with Crippen LogP contribution in [0.5, 0.6) is 5.75 Å². The molecule has 0 saturated heterocycles. The number of anilines is 1. The zero-order valence-electron chi connectivity index (χ0n) is 15.9. The van der Waals surface area contributed by atoms with Gasteiger partial charge in [0.15, 0.2) is 5.11 Å². The summed E-state index contributed by atoms with van der Waals surface area (Å²) in [6.07, 6.45) is 3.23. The second-order valence-corrected chi connectivity index (χ2v) is 6.67. The lowest BCUT2D eigenvalue weighted by Crippen LogP contribution is -2.34. The molecular weight excluding hydrogens is 378 g/mol. The SMILES string of the molecule is CCCCCOc1ccc(C(=O)NC(=S)Nc2ccc(C)cc2[N+](=O)[O-])cc1. The number of ether oxygens (including phenoxy) is 1. The Morgan fingerprint density at radius 1 is 1.18 bits per heavy atom. The molecule has 0 unspecified atom stereocenters. The van der Waals surface area contributed by atoms with E-state index in [1.807, 2.05) is 0 Å². The Morgan fingerprint density at radius 2 is 1.89 bits per heavy atom. The van der Waals surface area contributed by atoms with Gasteiger partial charge in [0.1, 0.15) is 11.4 Å². The van der Waals surface area contributed by atoms with Crippen LogP contribution in [0.3, 0.4) is 0 Å². The van der Waals surface area contributed by atoms with Gasteiger partial charge >= 0.3 is 0 Å². The molecule has 0 aliphatic carbocycles. The van der Waals surface area contributed by atoms with Gasteiger partial charge in [-0.1, -0.05) is 25.8 Å². The van der Waals surface area contributed by atoms with Crippen molar-refractivity contribution in [2.45, 2.75) is 33.1 Å². The molecule has 0 aromatic heterocycles. The number of thiocarbonyl (C=S) groups is 1. The van der Waals surface area contributed by atoms with Crippen LogP contribution < -0.4 is 15.4 Å². The van der Waals surface area contributed by atoms with Crippen molar-refractivity contribution >= 4 is 34.6 Å². The maximum atomic E-state index is 12.3. The van der Waals surface area contributed by atoms with E-state index in [0.29, 0.717) is 17.9 Å². The monoisotopic (exact) mass is 401 g/mol. The van der Waals surface area contributed by atoms with Gasteiger partial charge in [-0.25, -0.2) is 0 Å². The van der Waals surface area contributed by atoms with Crippen molar-refractivity contribution in [1.29, 1.82) is 0 Å². The molecule has 2 aromatic rings. The molecule has 148 valence electrons. The van der Waals surface area contributed by atoms with Gasteiger partial charge in [0, 0.05) is 11.6 Å². The van der Waals surface area contributed by atoms with Crippen LogP contribution >= 0.6 is 12.2 Å². The molecule has 0 aliphatic heterocycles. The standard InChI is InChI=1S/C20H23N3O4S/c1-3-4-5-12-27-16-9-7-15(8-10-16)19(24)22-20(28)21-17-11-6-14(2)13-18(17)23(25)26/h6-11,13H,3-5,12H2,1-2H3,(H2,21,22,24,28). The van der Waals surface area contributed by atoms with Gasteiger partial charge in [0.05, 0.1) is 11.5 Å². The number of hydrogen-bond acceptors (Lipinski definition) is 5. The molecule has 0 fully saturated rings. The highest BCUT2D eigenvalue weighted by Gasteiger charge is 2.16. The summed E-state index contributed by atoms with van der Waals surface area (Å²) in [4.78, 5) is 23.0. The molecule has 2 aromatic carbocycles. The van der Waals surface area contributed by atoms with Crippen molar-refractivity contribution in [2.24, 2.45) is 0 Å². The number of amides is 1. The molecule has 0 spiro atoms. The van der Waals surface area contributed by atoms with Gasteiger partial charge in [-0.2, -0.15) is 0 Å². The average molecular weight is 401 g/mol. The van der Waals surface area contributed by atoms with Crippen LogP contribution in [-0.2, 0) is 0 Å². The quantitative estimate of drug-likeness (QED) is 0.291. The third kappa shape index (κ3) is 6.31. The Labute approximate surface area is 169 Å². The van der Waals surface area contributed by atoms with E-state index >= 15 is 0 Å². The van der Waals surface area contributed by atoms with Gasteiger partial charge in [-0.15, -0.1) is 0 Å². The minimum absolute atomic E-state index is 0.0168. The average Bonchev–Trinajstić information content (AvgIpc) is 2.67. The maximum Gasteiger partial charge on any atom is 0.292 e. The van der Waals surface area contributed by atoms with Crippen LogP contribution in [0.4, 0.5) is 11.4 Å². The minimum atomic E-state index is -0.501. The summed E-state index contributed by atoms with van der Waals surface area (Å²) in [5.74, 6) is 0.286. The van der Waals surface area contributed by atoms with E-state index < -0.39 is 10.8 Å². The summed E-state index contributed by atoms with van der Waals surface area (Å²) in [5, 5.41) is 16.4. The van der Waals surface area contributed by atoms with Crippen LogP contribution in [0.25, 0.3) is 0 Å². The largest absolute Gasteiger partial charge is 0.494 e. The number of aryl methyl sites for hydroxylation is 1. The molecule has 1 amide bonds. The predicted molar refractivity (Wildman–Crippen MR) is 113 cm³/mol.